The minimum Gasteiger partial charge on any atom is -0.481 e. The molecule has 0 aliphatic rings. The molecule has 0 fully saturated rings. The molecule has 0 aliphatic heterocycles. The van der Waals surface area contributed by atoms with Gasteiger partial charge in [0.1, 0.15) is 5.60 Å². The average Bonchev–Trinajstić information content (AvgIpc) is 2.31. The summed E-state index contributed by atoms with van der Waals surface area (Å²) in [4.78, 5) is 23.2. The fraction of sp³-hybridized carbons (Fsp3) is 0.857. The second kappa shape index (κ2) is 7.47. The number of carboxylic acid groups (broad SMARTS) is 1. The van der Waals surface area contributed by atoms with E-state index in [9.17, 15) is 14.7 Å². The number of carbonyl (C=O) groups excluding carboxylic acids is 1. The third-order valence-electron chi connectivity index (χ3n) is 3.15. The van der Waals surface area contributed by atoms with Crippen LogP contribution in [0.3, 0.4) is 0 Å². The minimum atomic E-state index is -1.08. The van der Waals surface area contributed by atoms with Gasteiger partial charge in [0.2, 0.25) is 0 Å². The summed E-state index contributed by atoms with van der Waals surface area (Å²) in [7, 11) is 0. The molecule has 0 saturated heterocycles. The van der Waals surface area contributed by atoms with E-state index in [1.807, 2.05) is 0 Å². The molecule has 0 bridgehead atoms. The third-order valence-corrected chi connectivity index (χ3v) is 3.15. The minimum absolute atomic E-state index is 0.0158. The van der Waals surface area contributed by atoms with Crippen molar-refractivity contribution in [3.05, 3.63) is 0 Å². The highest BCUT2D eigenvalue weighted by molar-refractivity contribution is 5.76. The second-order valence-corrected chi connectivity index (χ2v) is 6.29. The summed E-state index contributed by atoms with van der Waals surface area (Å²) in [5, 5.41) is 21.1. The van der Waals surface area contributed by atoms with Crippen molar-refractivity contribution in [3.8, 4) is 0 Å². The highest BCUT2D eigenvalue weighted by Crippen LogP contribution is 2.30. The average molecular weight is 289 g/mol. The van der Waals surface area contributed by atoms with Gasteiger partial charge in [-0.25, -0.2) is 4.79 Å². The van der Waals surface area contributed by atoms with Crippen LogP contribution in [-0.4, -0.2) is 41.0 Å². The number of alkyl carbamates (subject to hydrolysis) is 1. The second-order valence-electron chi connectivity index (χ2n) is 6.29. The van der Waals surface area contributed by atoms with Gasteiger partial charge in [0.25, 0.3) is 0 Å². The van der Waals surface area contributed by atoms with Crippen LogP contribution in [0.15, 0.2) is 0 Å². The number of ether oxygens (including phenoxy) is 1. The van der Waals surface area contributed by atoms with Gasteiger partial charge in [0, 0.05) is 13.2 Å². The number of aliphatic carboxylic acids is 1. The molecule has 0 spiro atoms. The predicted molar refractivity (Wildman–Crippen MR) is 75.5 cm³/mol. The molecule has 0 aromatic carbocycles. The number of rotatable bonds is 7. The predicted octanol–water partition coefficient (Wildman–Crippen LogP) is 2.01. The lowest BCUT2D eigenvalue weighted by Crippen LogP contribution is -2.45. The quantitative estimate of drug-likeness (QED) is 0.666. The van der Waals surface area contributed by atoms with Crippen LogP contribution in [0.5, 0.6) is 0 Å². The van der Waals surface area contributed by atoms with Gasteiger partial charge < -0.3 is 20.3 Å². The maximum absolute atomic E-state index is 11.6. The Morgan fingerprint density at radius 1 is 1.30 bits per heavy atom. The van der Waals surface area contributed by atoms with E-state index in [1.165, 1.54) is 0 Å². The lowest BCUT2D eigenvalue weighted by Gasteiger charge is -2.31. The molecular formula is C14H27NO5. The number of nitrogens with one attached hydrogen (secondary N) is 1. The number of carbonyl (C=O) groups is 2. The van der Waals surface area contributed by atoms with Crippen molar-refractivity contribution >= 4 is 12.1 Å². The van der Waals surface area contributed by atoms with Gasteiger partial charge in [-0.05, 0) is 39.5 Å². The number of hydrogen-bond donors (Lipinski definition) is 3. The van der Waals surface area contributed by atoms with E-state index in [4.69, 9.17) is 9.84 Å². The fourth-order valence-electron chi connectivity index (χ4n) is 1.94. The number of aliphatic hydroxyl groups is 1. The largest absolute Gasteiger partial charge is 0.481 e. The summed E-state index contributed by atoms with van der Waals surface area (Å²) in [5.74, 6) is -1.12. The topological polar surface area (TPSA) is 95.9 Å². The lowest BCUT2D eigenvalue weighted by atomic mass is 9.77. The Labute approximate surface area is 120 Å². The normalized spacial score (nSPS) is 16.1. The Balaban J connectivity index is 4.75. The maximum Gasteiger partial charge on any atom is 0.407 e. The van der Waals surface area contributed by atoms with E-state index >= 15 is 0 Å². The van der Waals surface area contributed by atoms with Crippen molar-refractivity contribution in [2.75, 3.05) is 13.2 Å². The van der Waals surface area contributed by atoms with Crippen molar-refractivity contribution < 1.29 is 24.5 Å². The van der Waals surface area contributed by atoms with E-state index in [0.29, 0.717) is 12.8 Å². The number of aliphatic hydroxyl groups excluding tert-OH is 1. The van der Waals surface area contributed by atoms with Gasteiger partial charge in [-0.3, -0.25) is 4.79 Å². The van der Waals surface area contributed by atoms with E-state index in [1.54, 1.807) is 34.6 Å². The standard InChI is InChI=1S/C14H27NO5/c1-6-14(11(17)18,7-10(2)8-16)9-15-12(19)20-13(3,4)5/h10,16H,6-9H2,1-5H3,(H,15,19)(H,17,18). The van der Waals surface area contributed by atoms with Gasteiger partial charge in [0.05, 0.1) is 5.41 Å². The molecule has 0 saturated carbocycles. The number of hydrogen-bond acceptors (Lipinski definition) is 4. The molecule has 2 unspecified atom stereocenters. The lowest BCUT2D eigenvalue weighted by molar-refractivity contribution is -0.150. The fourth-order valence-corrected chi connectivity index (χ4v) is 1.94. The summed E-state index contributed by atoms with van der Waals surface area (Å²) < 4.78 is 5.10. The first kappa shape index (κ1) is 18.7. The van der Waals surface area contributed by atoms with Crippen LogP contribution in [0.25, 0.3) is 0 Å². The molecule has 20 heavy (non-hydrogen) atoms. The zero-order valence-corrected chi connectivity index (χ0v) is 13.0. The van der Waals surface area contributed by atoms with E-state index in [2.05, 4.69) is 5.32 Å². The van der Waals surface area contributed by atoms with Crippen LogP contribution < -0.4 is 5.32 Å². The third kappa shape index (κ3) is 6.23. The van der Waals surface area contributed by atoms with Crippen LogP contribution in [-0.2, 0) is 9.53 Å². The molecule has 0 aromatic heterocycles. The first-order chi connectivity index (χ1) is 9.06. The van der Waals surface area contributed by atoms with Crippen molar-refractivity contribution in [1.29, 1.82) is 0 Å². The van der Waals surface area contributed by atoms with Crippen molar-refractivity contribution in [3.63, 3.8) is 0 Å². The van der Waals surface area contributed by atoms with Gasteiger partial charge >= 0.3 is 12.1 Å². The maximum atomic E-state index is 11.6. The van der Waals surface area contributed by atoms with Crippen LogP contribution >= 0.6 is 0 Å². The highest BCUT2D eigenvalue weighted by Gasteiger charge is 2.38. The molecule has 2 atom stereocenters. The Morgan fingerprint density at radius 2 is 1.85 bits per heavy atom. The van der Waals surface area contributed by atoms with Crippen molar-refractivity contribution in [2.24, 2.45) is 11.3 Å². The molecule has 0 heterocycles. The van der Waals surface area contributed by atoms with E-state index in [-0.39, 0.29) is 19.1 Å². The van der Waals surface area contributed by atoms with Gasteiger partial charge in [-0.1, -0.05) is 13.8 Å². The molecule has 3 N–H and O–H groups in total. The smallest absolute Gasteiger partial charge is 0.407 e. The van der Waals surface area contributed by atoms with Gasteiger partial charge in [-0.2, -0.15) is 0 Å². The molecule has 0 aliphatic carbocycles. The zero-order chi connectivity index (χ0) is 16.0. The van der Waals surface area contributed by atoms with Gasteiger partial charge in [0.15, 0.2) is 0 Å². The molecule has 0 rings (SSSR count). The molecule has 118 valence electrons. The zero-order valence-electron chi connectivity index (χ0n) is 13.0. The monoisotopic (exact) mass is 289 g/mol. The van der Waals surface area contributed by atoms with Gasteiger partial charge in [-0.15, -0.1) is 0 Å². The Hall–Kier alpha value is -1.30. The first-order valence-electron chi connectivity index (χ1n) is 6.87. The summed E-state index contributed by atoms with van der Waals surface area (Å²) in [6.07, 6.45) is 0.0290. The molecule has 0 aromatic rings. The molecule has 1 amide bonds. The van der Waals surface area contributed by atoms with E-state index in [0.717, 1.165) is 0 Å². The van der Waals surface area contributed by atoms with Crippen LogP contribution in [0.4, 0.5) is 4.79 Å². The Kier molecular flexibility index (Phi) is 6.99. The Bertz CT molecular complexity index is 337. The summed E-state index contributed by atoms with van der Waals surface area (Å²) in [5.41, 5.74) is -1.71. The number of amides is 1. The number of carboxylic acids is 1. The van der Waals surface area contributed by atoms with Crippen molar-refractivity contribution in [1.82, 2.24) is 5.32 Å². The van der Waals surface area contributed by atoms with Crippen LogP contribution in [0.1, 0.15) is 47.5 Å². The SMILES string of the molecule is CCC(CNC(=O)OC(C)(C)C)(CC(C)CO)C(=O)O. The summed E-state index contributed by atoms with van der Waals surface area (Å²) in [6, 6.07) is 0. The molecular weight excluding hydrogens is 262 g/mol. The first-order valence-corrected chi connectivity index (χ1v) is 6.87. The highest BCUT2D eigenvalue weighted by atomic mass is 16.6. The van der Waals surface area contributed by atoms with Crippen LogP contribution in [0.2, 0.25) is 0 Å². The van der Waals surface area contributed by atoms with Crippen LogP contribution in [0, 0.1) is 11.3 Å². The van der Waals surface area contributed by atoms with Crippen molar-refractivity contribution in [2.45, 2.75) is 53.1 Å². The molecule has 6 nitrogen and oxygen atoms in total. The Morgan fingerprint density at radius 3 is 2.20 bits per heavy atom. The molecule has 6 heteroatoms. The molecule has 0 radical (unpaired) electrons. The van der Waals surface area contributed by atoms with E-state index < -0.39 is 23.1 Å². The summed E-state index contributed by atoms with van der Waals surface area (Å²) >= 11 is 0. The summed E-state index contributed by atoms with van der Waals surface area (Å²) in [6.45, 7) is 8.66.